The van der Waals surface area contributed by atoms with Crippen molar-refractivity contribution in [2.45, 2.75) is 23.7 Å². The Balaban J connectivity index is 1.30. The Morgan fingerprint density at radius 3 is 3.00 bits per heavy atom. The van der Waals surface area contributed by atoms with E-state index >= 15 is 0 Å². The van der Waals surface area contributed by atoms with Crippen molar-refractivity contribution in [3.05, 3.63) is 48.2 Å². The summed E-state index contributed by atoms with van der Waals surface area (Å²) in [6.45, 7) is 1.12. The summed E-state index contributed by atoms with van der Waals surface area (Å²) in [5, 5.41) is 2.92. The number of aromatic nitrogens is 2. The molecular formula is C19H18N4O2S2. The number of anilines is 1. The van der Waals surface area contributed by atoms with Gasteiger partial charge in [0, 0.05) is 25.7 Å². The number of para-hydroxylation sites is 1. The third kappa shape index (κ3) is 4.28. The van der Waals surface area contributed by atoms with Crippen LogP contribution in [0.4, 0.5) is 5.82 Å². The molecule has 0 spiro atoms. The number of benzene rings is 1. The minimum atomic E-state index is -0.0464. The first-order valence-corrected chi connectivity index (χ1v) is 10.5. The standard InChI is InChI=1S/C19H18N4O2S2/c24-17(12-26-19-22-14-4-1-2-5-15(14)27-19)21-11-13-7-8-20-16(10-13)23-9-3-6-18(23)25/h1-2,4-5,7-8,10H,3,6,9,11-12H2,(H,21,24). The van der Waals surface area contributed by atoms with Crippen molar-refractivity contribution in [1.29, 1.82) is 0 Å². The molecule has 138 valence electrons. The second-order valence-electron chi connectivity index (χ2n) is 6.18. The van der Waals surface area contributed by atoms with E-state index in [-0.39, 0.29) is 11.8 Å². The Labute approximate surface area is 165 Å². The summed E-state index contributed by atoms with van der Waals surface area (Å²) in [5.41, 5.74) is 1.89. The lowest BCUT2D eigenvalue weighted by Crippen LogP contribution is -2.26. The molecule has 3 aromatic rings. The molecule has 0 saturated carbocycles. The van der Waals surface area contributed by atoms with E-state index in [4.69, 9.17) is 0 Å². The van der Waals surface area contributed by atoms with Gasteiger partial charge in [0.05, 0.1) is 16.0 Å². The Hall–Kier alpha value is -2.45. The van der Waals surface area contributed by atoms with Crippen LogP contribution in [-0.4, -0.2) is 34.1 Å². The highest BCUT2D eigenvalue weighted by molar-refractivity contribution is 8.01. The summed E-state index contributed by atoms with van der Waals surface area (Å²) in [6, 6.07) is 11.7. The van der Waals surface area contributed by atoms with Crippen LogP contribution in [0.3, 0.4) is 0 Å². The summed E-state index contributed by atoms with van der Waals surface area (Å²) < 4.78 is 2.02. The quantitative estimate of drug-likeness (QED) is 0.645. The van der Waals surface area contributed by atoms with Gasteiger partial charge in [-0.05, 0) is 36.2 Å². The van der Waals surface area contributed by atoms with Gasteiger partial charge in [0.25, 0.3) is 0 Å². The zero-order valence-electron chi connectivity index (χ0n) is 14.6. The first-order valence-electron chi connectivity index (χ1n) is 8.69. The van der Waals surface area contributed by atoms with Crippen molar-refractivity contribution in [2.75, 3.05) is 17.2 Å². The van der Waals surface area contributed by atoms with E-state index in [0.29, 0.717) is 31.1 Å². The number of thioether (sulfide) groups is 1. The highest BCUT2D eigenvalue weighted by Gasteiger charge is 2.22. The molecule has 1 aliphatic rings. The number of nitrogens with one attached hydrogen (secondary N) is 1. The molecule has 27 heavy (non-hydrogen) atoms. The molecule has 0 atom stereocenters. The summed E-state index contributed by atoms with van der Waals surface area (Å²) >= 11 is 3.04. The number of nitrogens with zero attached hydrogens (tertiary/aromatic N) is 3. The summed E-state index contributed by atoms with van der Waals surface area (Å²) in [5.74, 6) is 1.04. The van der Waals surface area contributed by atoms with Crippen molar-refractivity contribution in [1.82, 2.24) is 15.3 Å². The van der Waals surface area contributed by atoms with Crippen LogP contribution in [-0.2, 0) is 16.1 Å². The first kappa shape index (κ1) is 17.9. The number of carbonyl (C=O) groups is 2. The fourth-order valence-corrected chi connectivity index (χ4v) is 4.80. The van der Waals surface area contributed by atoms with E-state index in [1.54, 1.807) is 22.4 Å². The van der Waals surface area contributed by atoms with Gasteiger partial charge in [-0.3, -0.25) is 14.5 Å². The minimum absolute atomic E-state index is 0.0464. The summed E-state index contributed by atoms with van der Waals surface area (Å²) in [6.07, 6.45) is 3.12. The van der Waals surface area contributed by atoms with Gasteiger partial charge in [-0.25, -0.2) is 9.97 Å². The first-order chi connectivity index (χ1) is 13.2. The van der Waals surface area contributed by atoms with Crippen molar-refractivity contribution < 1.29 is 9.59 Å². The van der Waals surface area contributed by atoms with Crippen LogP contribution in [0.25, 0.3) is 10.2 Å². The van der Waals surface area contributed by atoms with Crippen molar-refractivity contribution in [3.8, 4) is 0 Å². The van der Waals surface area contributed by atoms with Gasteiger partial charge in [-0.1, -0.05) is 23.9 Å². The molecule has 8 heteroatoms. The molecule has 2 aromatic heterocycles. The van der Waals surface area contributed by atoms with Gasteiger partial charge in [-0.15, -0.1) is 11.3 Å². The van der Waals surface area contributed by atoms with Gasteiger partial charge in [0.15, 0.2) is 4.34 Å². The summed E-state index contributed by atoms with van der Waals surface area (Å²) in [4.78, 5) is 34.5. The third-order valence-corrected chi connectivity index (χ3v) is 6.43. The Morgan fingerprint density at radius 2 is 2.19 bits per heavy atom. The maximum Gasteiger partial charge on any atom is 0.230 e. The molecule has 1 aliphatic heterocycles. The predicted octanol–water partition coefficient (Wildman–Crippen LogP) is 3.23. The molecule has 0 aliphatic carbocycles. The number of pyridine rings is 1. The molecule has 1 aromatic carbocycles. The lowest BCUT2D eigenvalue weighted by molar-refractivity contribution is -0.119. The molecule has 6 nitrogen and oxygen atoms in total. The average Bonchev–Trinajstić information content (AvgIpc) is 3.30. The van der Waals surface area contributed by atoms with Crippen LogP contribution in [0.5, 0.6) is 0 Å². The van der Waals surface area contributed by atoms with E-state index in [1.807, 2.05) is 36.4 Å². The van der Waals surface area contributed by atoms with Crippen LogP contribution in [0.2, 0.25) is 0 Å². The van der Waals surface area contributed by atoms with Gasteiger partial charge < -0.3 is 5.32 Å². The fraction of sp³-hybridized carbons (Fsp3) is 0.263. The molecule has 1 saturated heterocycles. The number of carbonyl (C=O) groups excluding carboxylic acids is 2. The zero-order valence-corrected chi connectivity index (χ0v) is 16.2. The molecule has 1 N–H and O–H groups in total. The Bertz CT molecular complexity index is 956. The Kier molecular flexibility index (Phi) is 5.35. The van der Waals surface area contributed by atoms with E-state index in [2.05, 4.69) is 15.3 Å². The van der Waals surface area contributed by atoms with E-state index in [1.165, 1.54) is 11.8 Å². The molecular weight excluding hydrogens is 380 g/mol. The maximum atomic E-state index is 12.2. The zero-order chi connectivity index (χ0) is 18.6. The lowest BCUT2D eigenvalue weighted by Gasteiger charge is -2.15. The molecule has 0 radical (unpaired) electrons. The van der Waals surface area contributed by atoms with E-state index in [0.717, 1.165) is 26.5 Å². The van der Waals surface area contributed by atoms with E-state index < -0.39 is 0 Å². The molecule has 0 unspecified atom stereocenters. The predicted molar refractivity (Wildman–Crippen MR) is 108 cm³/mol. The van der Waals surface area contributed by atoms with Gasteiger partial charge in [-0.2, -0.15) is 0 Å². The van der Waals surface area contributed by atoms with E-state index in [9.17, 15) is 9.59 Å². The second kappa shape index (κ2) is 8.06. The van der Waals surface area contributed by atoms with Crippen LogP contribution >= 0.6 is 23.1 Å². The largest absolute Gasteiger partial charge is 0.351 e. The van der Waals surface area contributed by atoms with Crippen LogP contribution in [0.15, 0.2) is 46.9 Å². The SMILES string of the molecule is O=C(CSc1nc2ccccc2s1)NCc1ccnc(N2CCCC2=O)c1. The number of rotatable bonds is 6. The number of fused-ring (bicyclic) bond motifs is 1. The normalized spacial score (nSPS) is 14.1. The maximum absolute atomic E-state index is 12.2. The lowest BCUT2D eigenvalue weighted by atomic mass is 10.2. The van der Waals surface area contributed by atoms with Crippen LogP contribution in [0, 0.1) is 0 Å². The molecule has 1 fully saturated rings. The smallest absolute Gasteiger partial charge is 0.230 e. The van der Waals surface area contributed by atoms with Crippen LogP contribution in [0.1, 0.15) is 18.4 Å². The van der Waals surface area contributed by atoms with Crippen molar-refractivity contribution in [3.63, 3.8) is 0 Å². The van der Waals surface area contributed by atoms with Gasteiger partial charge >= 0.3 is 0 Å². The monoisotopic (exact) mass is 398 g/mol. The Morgan fingerprint density at radius 1 is 1.30 bits per heavy atom. The van der Waals surface area contributed by atoms with Crippen molar-refractivity contribution in [2.24, 2.45) is 0 Å². The molecule has 3 heterocycles. The van der Waals surface area contributed by atoms with Gasteiger partial charge in [0.1, 0.15) is 5.82 Å². The third-order valence-electron chi connectivity index (χ3n) is 4.25. The highest BCUT2D eigenvalue weighted by Crippen LogP contribution is 2.29. The summed E-state index contributed by atoms with van der Waals surface area (Å²) in [7, 11) is 0. The fourth-order valence-electron chi connectivity index (χ4n) is 2.90. The molecule has 4 rings (SSSR count). The van der Waals surface area contributed by atoms with Crippen molar-refractivity contribution >= 4 is 50.9 Å². The topological polar surface area (TPSA) is 75.2 Å². The number of hydrogen-bond acceptors (Lipinski definition) is 6. The minimum Gasteiger partial charge on any atom is -0.351 e. The average molecular weight is 399 g/mol. The molecule has 2 amide bonds. The second-order valence-corrected chi connectivity index (χ2v) is 8.44. The van der Waals surface area contributed by atoms with Crippen LogP contribution < -0.4 is 10.2 Å². The highest BCUT2D eigenvalue weighted by atomic mass is 32.2. The number of hydrogen-bond donors (Lipinski definition) is 1. The number of thiazole rings is 1. The molecule has 0 bridgehead atoms. The van der Waals surface area contributed by atoms with Gasteiger partial charge in [0.2, 0.25) is 11.8 Å². The number of amides is 2.